The average Bonchev–Trinajstić information content (AvgIpc) is 3.02. The fourth-order valence-corrected chi connectivity index (χ4v) is 3.44. The van der Waals surface area contributed by atoms with Crippen LogP contribution in [0.4, 0.5) is 5.69 Å². The zero-order valence-corrected chi connectivity index (χ0v) is 15.5. The van der Waals surface area contributed by atoms with E-state index in [4.69, 9.17) is 16.1 Å². The molecular formula is C18H17ClN3O3S+. The summed E-state index contributed by atoms with van der Waals surface area (Å²) < 4.78 is 6.45. The molecule has 6 nitrogen and oxygen atoms in total. The zero-order chi connectivity index (χ0) is 18.5. The van der Waals surface area contributed by atoms with Crippen LogP contribution in [0, 0.1) is 0 Å². The highest BCUT2D eigenvalue weighted by atomic mass is 35.5. The fourth-order valence-electron chi connectivity index (χ4n) is 2.32. The summed E-state index contributed by atoms with van der Waals surface area (Å²) >= 11 is 7.02. The highest BCUT2D eigenvalue weighted by Crippen LogP contribution is 2.23. The van der Waals surface area contributed by atoms with Gasteiger partial charge in [0.25, 0.3) is 0 Å². The second kappa shape index (κ2) is 8.25. The lowest BCUT2D eigenvalue weighted by molar-refractivity contribution is -0.704. The molecular weight excluding hydrogens is 374 g/mol. The molecule has 1 unspecified atom stereocenters. The lowest BCUT2D eigenvalue weighted by Gasteiger charge is -2.12. The molecule has 8 heteroatoms. The molecule has 0 bridgehead atoms. The molecule has 3 rings (SSSR count). The standard InChI is InChI=1S/C18H16ClN3O3S/c1-2-15(16(23)20-13-10-8-12(19)9-11-13)26-17-18(24)25-21-22(17)14-6-4-3-5-7-14/h3-11,15H,2H2,1H3,(H-,20,21,23,24)/p+1. The van der Waals surface area contributed by atoms with Gasteiger partial charge in [-0.15, -0.1) is 0 Å². The lowest BCUT2D eigenvalue weighted by atomic mass is 10.3. The van der Waals surface area contributed by atoms with Gasteiger partial charge < -0.3 is 5.32 Å². The quantitative estimate of drug-likeness (QED) is 0.499. The number of para-hydroxylation sites is 1. The van der Waals surface area contributed by atoms with Crippen LogP contribution in [0.25, 0.3) is 5.69 Å². The van der Waals surface area contributed by atoms with E-state index in [2.05, 4.69) is 10.6 Å². The third-order valence-corrected chi connectivity index (χ3v) is 5.31. The molecule has 0 aliphatic heterocycles. The summed E-state index contributed by atoms with van der Waals surface area (Å²) in [6.07, 6.45) is 0.545. The van der Waals surface area contributed by atoms with Crippen molar-refractivity contribution >= 4 is 35.0 Å². The molecule has 0 fully saturated rings. The number of thioether (sulfide) groups is 1. The van der Waals surface area contributed by atoms with Crippen molar-refractivity contribution in [3.8, 4) is 5.69 Å². The molecule has 1 atom stereocenters. The summed E-state index contributed by atoms with van der Waals surface area (Å²) in [5, 5.41) is 5.87. The van der Waals surface area contributed by atoms with Gasteiger partial charge in [0.2, 0.25) is 11.6 Å². The number of carbonyl (C=O) groups excluding carboxylic acids is 1. The van der Waals surface area contributed by atoms with Crippen LogP contribution in [-0.2, 0) is 4.79 Å². The molecule has 0 aliphatic rings. The van der Waals surface area contributed by atoms with Gasteiger partial charge in [-0.05, 0) is 52.4 Å². The van der Waals surface area contributed by atoms with Gasteiger partial charge >= 0.3 is 10.7 Å². The van der Waals surface area contributed by atoms with Crippen molar-refractivity contribution < 1.29 is 14.0 Å². The van der Waals surface area contributed by atoms with Crippen LogP contribution in [0.15, 0.2) is 68.9 Å². The minimum Gasteiger partial charge on any atom is -0.325 e. The predicted molar refractivity (Wildman–Crippen MR) is 101 cm³/mol. The maximum Gasteiger partial charge on any atom is 0.442 e. The SMILES string of the molecule is CCC(Sc1c(=O)o[nH][n+]1-c1ccccc1)C(=O)Nc1ccc(Cl)cc1. The number of carbonyl (C=O) groups is 1. The molecule has 0 radical (unpaired) electrons. The van der Waals surface area contributed by atoms with Gasteiger partial charge in [0.05, 0.1) is 5.25 Å². The first-order chi connectivity index (χ1) is 12.6. The van der Waals surface area contributed by atoms with E-state index >= 15 is 0 Å². The summed E-state index contributed by atoms with van der Waals surface area (Å²) in [6.45, 7) is 1.89. The first-order valence-corrected chi connectivity index (χ1v) is 9.26. The van der Waals surface area contributed by atoms with E-state index in [0.717, 1.165) is 17.4 Å². The predicted octanol–water partition coefficient (Wildman–Crippen LogP) is 3.41. The molecule has 3 aromatic rings. The average molecular weight is 391 g/mol. The second-order valence-electron chi connectivity index (χ2n) is 5.47. The summed E-state index contributed by atoms with van der Waals surface area (Å²) in [5.74, 6) is -0.194. The van der Waals surface area contributed by atoms with E-state index in [1.54, 1.807) is 24.3 Å². The van der Waals surface area contributed by atoms with Crippen LogP contribution >= 0.6 is 23.4 Å². The number of benzene rings is 2. The van der Waals surface area contributed by atoms with Crippen molar-refractivity contribution in [2.75, 3.05) is 5.32 Å². The number of aromatic amines is 1. The van der Waals surface area contributed by atoms with Gasteiger partial charge in [-0.3, -0.25) is 9.32 Å². The van der Waals surface area contributed by atoms with Crippen LogP contribution in [-0.4, -0.2) is 16.4 Å². The molecule has 134 valence electrons. The van der Waals surface area contributed by atoms with Crippen molar-refractivity contribution in [3.05, 3.63) is 70.0 Å². The highest BCUT2D eigenvalue weighted by molar-refractivity contribution is 8.00. The largest absolute Gasteiger partial charge is 0.442 e. The number of H-pyrrole nitrogens is 1. The van der Waals surface area contributed by atoms with Crippen molar-refractivity contribution in [2.45, 2.75) is 23.6 Å². The monoisotopic (exact) mass is 390 g/mol. The Balaban J connectivity index is 1.80. The van der Waals surface area contributed by atoms with Gasteiger partial charge in [-0.25, -0.2) is 4.79 Å². The lowest BCUT2D eigenvalue weighted by Crippen LogP contribution is -2.37. The maximum absolute atomic E-state index is 12.6. The summed E-state index contributed by atoms with van der Waals surface area (Å²) in [5.41, 5.74) is 0.876. The topological polar surface area (TPSA) is 79.0 Å². The molecule has 1 heterocycles. The van der Waals surface area contributed by atoms with Crippen LogP contribution < -0.4 is 15.6 Å². The van der Waals surface area contributed by atoms with Gasteiger partial charge in [0.1, 0.15) is 0 Å². The molecule has 1 aromatic heterocycles. The Morgan fingerprint density at radius 2 is 1.92 bits per heavy atom. The van der Waals surface area contributed by atoms with E-state index < -0.39 is 10.9 Å². The van der Waals surface area contributed by atoms with Crippen LogP contribution in [0.5, 0.6) is 0 Å². The number of nitrogens with one attached hydrogen (secondary N) is 2. The number of amides is 1. The minimum absolute atomic E-state index is 0.194. The third-order valence-electron chi connectivity index (χ3n) is 3.65. The number of aromatic nitrogens is 2. The number of rotatable bonds is 6. The molecule has 26 heavy (non-hydrogen) atoms. The van der Waals surface area contributed by atoms with Gasteiger partial charge in [0.15, 0.2) is 0 Å². The normalized spacial score (nSPS) is 11.9. The summed E-state index contributed by atoms with van der Waals surface area (Å²) in [7, 11) is 0. The zero-order valence-electron chi connectivity index (χ0n) is 13.9. The first-order valence-electron chi connectivity index (χ1n) is 8.00. The number of halogens is 1. The number of hydrogen-bond acceptors (Lipinski definition) is 4. The maximum atomic E-state index is 12.6. The Labute approximate surface area is 159 Å². The van der Waals surface area contributed by atoms with E-state index in [-0.39, 0.29) is 5.91 Å². The Morgan fingerprint density at radius 1 is 1.23 bits per heavy atom. The Kier molecular flexibility index (Phi) is 5.80. The summed E-state index contributed by atoms with van der Waals surface area (Å²) in [6, 6.07) is 16.1. The van der Waals surface area contributed by atoms with Crippen LogP contribution in [0.3, 0.4) is 0 Å². The highest BCUT2D eigenvalue weighted by Gasteiger charge is 2.30. The van der Waals surface area contributed by atoms with Gasteiger partial charge in [-0.2, -0.15) is 0 Å². The molecule has 0 saturated carbocycles. The van der Waals surface area contributed by atoms with E-state index in [9.17, 15) is 9.59 Å². The fraction of sp³-hybridized carbons (Fsp3) is 0.167. The molecule has 2 N–H and O–H groups in total. The van der Waals surface area contributed by atoms with Crippen LogP contribution in [0.2, 0.25) is 5.02 Å². The molecule has 2 aromatic carbocycles. The molecule has 0 saturated heterocycles. The number of nitrogens with zero attached hydrogens (tertiary/aromatic N) is 1. The number of anilines is 1. The van der Waals surface area contributed by atoms with Gasteiger partial charge in [-0.1, -0.05) is 36.7 Å². The van der Waals surface area contributed by atoms with Crippen molar-refractivity contribution in [1.29, 1.82) is 0 Å². The second-order valence-corrected chi connectivity index (χ2v) is 7.10. The van der Waals surface area contributed by atoms with Crippen molar-refractivity contribution in [2.24, 2.45) is 0 Å². The smallest absolute Gasteiger partial charge is 0.325 e. The van der Waals surface area contributed by atoms with Crippen LogP contribution in [0.1, 0.15) is 13.3 Å². The number of hydrogen-bond donors (Lipinski definition) is 2. The Morgan fingerprint density at radius 3 is 2.58 bits per heavy atom. The van der Waals surface area contributed by atoms with Crippen molar-refractivity contribution in [1.82, 2.24) is 5.27 Å². The Hall–Kier alpha value is -2.51. The molecule has 0 aliphatic carbocycles. The van der Waals surface area contributed by atoms with E-state index in [0.29, 0.717) is 22.2 Å². The molecule has 1 amide bonds. The first kappa shape index (κ1) is 18.3. The summed E-state index contributed by atoms with van der Waals surface area (Å²) in [4.78, 5) is 24.7. The molecule has 0 spiro atoms. The van der Waals surface area contributed by atoms with E-state index in [1.165, 1.54) is 4.68 Å². The van der Waals surface area contributed by atoms with Crippen molar-refractivity contribution in [3.63, 3.8) is 0 Å². The minimum atomic E-state index is -0.517. The van der Waals surface area contributed by atoms with Gasteiger partial charge in [0, 0.05) is 22.8 Å². The Bertz CT molecular complexity index is 938. The third kappa shape index (κ3) is 4.17. The van der Waals surface area contributed by atoms with E-state index in [1.807, 2.05) is 37.3 Å².